The average molecular weight is 521 g/mol. The Bertz CT molecular complexity index is 1030. The van der Waals surface area contributed by atoms with Crippen LogP contribution in [0, 0.1) is 0 Å². The van der Waals surface area contributed by atoms with E-state index in [1.54, 1.807) is 28.4 Å². The van der Waals surface area contributed by atoms with Crippen LogP contribution in [0.1, 0.15) is 24.0 Å². The molecular weight excluding hydrogens is 493 g/mol. The molecule has 0 N–H and O–H groups in total. The largest absolute Gasteiger partial charge is 0.493 e. The number of hydrogen-bond acceptors (Lipinski definition) is 5. The van der Waals surface area contributed by atoms with Gasteiger partial charge in [-0.2, -0.15) is 0 Å². The molecule has 1 saturated heterocycles. The van der Waals surface area contributed by atoms with Gasteiger partial charge >= 0.3 is 0 Å². The number of benzene rings is 3. The molecule has 1 unspecified atom stereocenters. The average Bonchev–Trinajstić information content (AvgIpc) is 3.23. The molecule has 1 atom stereocenters. The molecule has 5 rings (SSSR count). The SMILES string of the molecule is COc1cc2c3c(c4cc(OC)c(OC)cc4c2cc1OC)CN1CCCC1C3.I. The third-order valence-corrected chi connectivity index (χ3v) is 6.65. The first kappa shape index (κ1) is 21.3. The Balaban J connectivity index is 0.00000218. The monoisotopic (exact) mass is 521 g/mol. The van der Waals surface area contributed by atoms with Crippen molar-refractivity contribution in [3.63, 3.8) is 0 Å². The van der Waals surface area contributed by atoms with Crippen molar-refractivity contribution >= 4 is 45.5 Å². The van der Waals surface area contributed by atoms with Crippen molar-refractivity contribution in [1.29, 1.82) is 0 Å². The van der Waals surface area contributed by atoms with E-state index < -0.39 is 0 Å². The summed E-state index contributed by atoms with van der Waals surface area (Å²) in [6.07, 6.45) is 3.63. The number of rotatable bonds is 4. The maximum absolute atomic E-state index is 5.64. The van der Waals surface area contributed by atoms with Gasteiger partial charge in [0.1, 0.15) is 0 Å². The molecule has 2 heterocycles. The van der Waals surface area contributed by atoms with Crippen LogP contribution in [-0.2, 0) is 13.0 Å². The van der Waals surface area contributed by atoms with Crippen LogP contribution in [0.3, 0.4) is 0 Å². The number of halogens is 1. The second-order valence-electron chi connectivity index (χ2n) is 7.93. The summed E-state index contributed by atoms with van der Waals surface area (Å²) in [7, 11) is 6.76. The van der Waals surface area contributed by atoms with Gasteiger partial charge in [-0.05, 0) is 82.7 Å². The summed E-state index contributed by atoms with van der Waals surface area (Å²) in [5.74, 6) is 3.03. The standard InChI is InChI=1S/C24H27NO4.HI/c1-26-21-9-16-15-8-14-6-5-7-25(14)13-20(15)19-12-24(29-4)23(28-3)11-18(19)17(16)10-22(21)27-2;/h9-12,14H,5-8,13H2,1-4H3;1H. The quantitative estimate of drug-likeness (QED) is 0.350. The number of ether oxygens (including phenoxy) is 4. The molecule has 1 fully saturated rings. The Labute approximate surface area is 194 Å². The number of fused-ring (bicyclic) bond motifs is 7. The van der Waals surface area contributed by atoms with E-state index >= 15 is 0 Å². The smallest absolute Gasteiger partial charge is 0.161 e. The van der Waals surface area contributed by atoms with Gasteiger partial charge in [0.15, 0.2) is 23.0 Å². The highest BCUT2D eigenvalue weighted by Gasteiger charge is 2.32. The zero-order valence-corrected chi connectivity index (χ0v) is 20.2. The van der Waals surface area contributed by atoms with Crippen molar-refractivity contribution in [3.8, 4) is 23.0 Å². The number of methoxy groups -OCH3 is 4. The van der Waals surface area contributed by atoms with Crippen LogP contribution in [0.25, 0.3) is 21.5 Å². The van der Waals surface area contributed by atoms with Gasteiger partial charge in [-0.15, -0.1) is 24.0 Å². The van der Waals surface area contributed by atoms with Crippen LogP contribution >= 0.6 is 24.0 Å². The van der Waals surface area contributed by atoms with E-state index in [1.165, 1.54) is 46.7 Å². The summed E-state index contributed by atoms with van der Waals surface area (Å²) in [6.45, 7) is 2.17. The highest BCUT2D eigenvalue weighted by atomic mass is 127. The Kier molecular flexibility index (Phi) is 5.90. The fourth-order valence-electron chi connectivity index (χ4n) is 5.22. The summed E-state index contributed by atoms with van der Waals surface area (Å²) >= 11 is 0. The third kappa shape index (κ3) is 3.15. The van der Waals surface area contributed by atoms with E-state index in [-0.39, 0.29) is 24.0 Å². The predicted molar refractivity (Wildman–Crippen MR) is 130 cm³/mol. The second-order valence-corrected chi connectivity index (χ2v) is 7.93. The molecule has 0 aromatic heterocycles. The molecule has 160 valence electrons. The minimum atomic E-state index is 0. The molecule has 6 heteroatoms. The first-order chi connectivity index (χ1) is 14.2. The van der Waals surface area contributed by atoms with Crippen molar-refractivity contribution in [3.05, 3.63) is 35.4 Å². The zero-order chi connectivity index (χ0) is 20.1. The molecule has 0 amide bonds. The maximum atomic E-state index is 5.64. The summed E-state index contributed by atoms with van der Waals surface area (Å²) in [4.78, 5) is 2.63. The van der Waals surface area contributed by atoms with Crippen molar-refractivity contribution in [2.24, 2.45) is 0 Å². The minimum Gasteiger partial charge on any atom is -0.493 e. The van der Waals surface area contributed by atoms with E-state index in [1.807, 2.05) is 0 Å². The van der Waals surface area contributed by atoms with Crippen LogP contribution in [0.4, 0.5) is 0 Å². The van der Waals surface area contributed by atoms with Crippen molar-refractivity contribution in [2.45, 2.75) is 31.8 Å². The molecule has 0 saturated carbocycles. The molecule has 0 bridgehead atoms. The molecule has 0 spiro atoms. The lowest BCUT2D eigenvalue weighted by atomic mass is 9.85. The lowest BCUT2D eigenvalue weighted by molar-refractivity contribution is 0.229. The van der Waals surface area contributed by atoms with Crippen molar-refractivity contribution in [2.75, 3.05) is 35.0 Å². The predicted octanol–water partition coefficient (Wildman–Crippen LogP) is 5.17. The second kappa shape index (κ2) is 8.30. The van der Waals surface area contributed by atoms with Gasteiger partial charge in [-0.3, -0.25) is 4.90 Å². The van der Waals surface area contributed by atoms with Crippen molar-refractivity contribution < 1.29 is 18.9 Å². The van der Waals surface area contributed by atoms with Gasteiger partial charge in [0.25, 0.3) is 0 Å². The molecule has 2 aliphatic heterocycles. The molecule has 0 radical (unpaired) electrons. The third-order valence-electron chi connectivity index (χ3n) is 6.65. The minimum absolute atomic E-state index is 0. The Morgan fingerprint density at radius 3 is 1.67 bits per heavy atom. The van der Waals surface area contributed by atoms with Gasteiger partial charge in [0.2, 0.25) is 0 Å². The maximum Gasteiger partial charge on any atom is 0.161 e. The normalized spacial score (nSPS) is 17.9. The molecule has 3 aromatic carbocycles. The molecular formula is C24H28INO4. The molecule has 2 aliphatic rings. The van der Waals surface area contributed by atoms with Gasteiger partial charge < -0.3 is 18.9 Å². The fourth-order valence-corrected chi connectivity index (χ4v) is 5.22. The van der Waals surface area contributed by atoms with Crippen LogP contribution < -0.4 is 18.9 Å². The number of hydrogen-bond donors (Lipinski definition) is 0. The molecule has 0 aliphatic carbocycles. The van der Waals surface area contributed by atoms with Crippen LogP contribution in [0.15, 0.2) is 24.3 Å². The van der Waals surface area contributed by atoms with E-state index in [2.05, 4.69) is 29.2 Å². The van der Waals surface area contributed by atoms with E-state index in [0.29, 0.717) is 6.04 Å². The van der Waals surface area contributed by atoms with Crippen LogP contribution in [0.5, 0.6) is 23.0 Å². The number of nitrogens with zero attached hydrogens (tertiary/aromatic N) is 1. The van der Waals surface area contributed by atoms with E-state index in [4.69, 9.17) is 18.9 Å². The zero-order valence-electron chi connectivity index (χ0n) is 17.9. The first-order valence-electron chi connectivity index (χ1n) is 10.2. The van der Waals surface area contributed by atoms with Crippen molar-refractivity contribution in [1.82, 2.24) is 4.90 Å². The van der Waals surface area contributed by atoms with Gasteiger partial charge in [0, 0.05) is 12.6 Å². The topological polar surface area (TPSA) is 40.2 Å². The van der Waals surface area contributed by atoms with Crippen LogP contribution in [-0.4, -0.2) is 45.9 Å². The Morgan fingerprint density at radius 2 is 1.17 bits per heavy atom. The van der Waals surface area contributed by atoms with Crippen LogP contribution in [0.2, 0.25) is 0 Å². The Morgan fingerprint density at radius 1 is 0.700 bits per heavy atom. The Hall–Kier alpha value is -1.93. The molecule has 30 heavy (non-hydrogen) atoms. The van der Waals surface area contributed by atoms with Gasteiger partial charge in [-0.1, -0.05) is 0 Å². The highest BCUT2D eigenvalue weighted by Crippen LogP contribution is 2.46. The summed E-state index contributed by atoms with van der Waals surface area (Å²) in [5.41, 5.74) is 2.84. The van der Waals surface area contributed by atoms with Gasteiger partial charge in [-0.25, -0.2) is 0 Å². The lowest BCUT2D eigenvalue weighted by Crippen LogP contribution is -2.35. The fraction of sp³-hybridized carbons (Fsp3) is 0.417. The first-order valence-corrected chi connectivity index (χ1v) is 10.2. The highest BCUT2D eigenvalue weighted by molar-refractivity contribution is 14.0. The molecule has 5 nitrogen and oxygen atoms in total. The summed E-state index contributed by atoms with van der Waals surface area (Å²) in [6, 6.07) is 9.12. The van der Waals surface area contributed by atoms with Gasteiger partial charge in [0.05, 0.1) is 28.4 Å². The lowest BCUT2D eigenvalue weighted by Gasteiger charge is -2.33. The molecule has 3 aromatic rings. The summed E-state index contributed by atoms with van der Waals surface area (Å²) in [5, 5.41) is 4.82. The summed E-state index contributed by atoms with van der Waals surface area (Å²) < 4.78 is 22.5. The van der Waals surface area contributed by atoms with E-state index in [0.717, 1.165) is 41.3 Å². The van der Waals surface area contributed by atoms with E-state index in [9.17, 15) is 0 Å².